The molecular weight excluding hydrogens is 190 g/mol. The van der Waals surface area contributed by atoms with Crippen molar-refractivity contribution in [3.05, 3.63) is 24.3 Å². The summed E-state index contributed by atoms with van der Waals surface area (Å²) in [5.74, 6) is 2.38. The Kier molecular flexibility index (Phi) is 3.11. The molecule has 0 bridgehead atoms. The van der Waals surface area contributed by atoms with Crippen LogP contribution in [0, 0.1) is 5.92 Å². The van der Waals surface area contributed by atoms with Gasteiger partial charge in [0, 0.05) is 6.04 Å². The van der Waals surface area contributed by atoms with E-state index in [-0.39, 0.29) is 6.04 Å². The summed E-state index contributed by atoms with van der Waals surface area (Å²) in [6.45, 7) is 0.608. The Morgan fingerprint density at radius 1 is 1.27 bits per heavy atom. The van der Waals surface area contributed by atoms with Gasteiger partial charge in [-0.15, -0.1) is 0 Å². The number of methoxy groups -OCH3 is 1. The van der Waals surface area contributed by atoms with Crippen LogP contribution in [-0.2, 0) is 0 Å². The van der Waals surface area contributed by atoms with Crippen LogP contribution in [0.3, 0.4) is 0 Å². The van der Waals surface area contributed by atoms with Gasteiger partial charge in [0.25, 0.3) is 0 Å². The van der Waals surface area contributed by atoms with Crippen LogP contribution < -0.4 is 15.2 Å². The molecule has 0 aromatic heterocycles. The fraction of sp³-hybridized carbons (Fsp3) is 0.500. The van der Waals surface area contributed by atoms with Gasteiger partial charge in [0.2, 0.25) is 0 Å². The summed E-state index contributed by atoms with van der Waals surface area (Å²) >= 11 is 0. The SMILES string of the molecule is COc1ccc(OC[C@H](N)C2CC2)cc1. The summed E-state index contributed by atoms with van der Waals surface area (Å²) < 4.78 is 10.7. The maximum absolute atomic E-state index is 5.93. The van der Waals surface area contributed by atoms with Gasteiger partial charge in [-0.2, -0.15) is 0 Å². The molecule has 3 heteroatoms. The Morgan fingerprint density at radius 3 is 2.40 bits per heavy atom. The van der Waals surface area contributed by atoms with Gasteiger partial charge in [-0.05, 0) is 43.0 Å². The third kappa shape index (κ3) is 2.86. The van der Waals surface area contributed by atoms with Gasteiger partial charge in [-0.1, -0.05) is 0 Å². The van der Waals surface area contributed by atoms with Crippen molar-refractivity contribution in [2.75, 3.05) is 13.7 Å². The molecule has 2 N–H and O–H groups in total. The molecular formula is C12H17NO2. The molecule has 2 rings (SSSR count). The molecule has 1 aromatic carbocycles. The van der Waals surface area contributed by atoms with E-state index in [0.717, 1.165) is 11.5 Å². The Morgan fingerprint density at radius 2 is 1.87 bits per heavy atom. The quantitative estimate of drug-likeness (QED) is 0.800. The van der Waals surface area contributed by atoms with Crippen molar-refractivity contribution < 1.29 is 9.47 Å². The molecule has 1 aliphatic carbocycles. The molecule has 0 aliphatic heterocycles. The first-order chi connectivity index (χ1) is 7.29. The molecule has 15 heavy (non-hydrogen) atoms. The fourth-order valence-electron chi connectivity index (χ4n) is 1.52. The number of nitrogens with two attached hydrogens (primary N) is 1. The summed E-state index contributed by atoms with van der Waals surface area (Å²) in [5.41, 5.74) is 5.93. The maximum atomic E-state index is 5.93. The average Bonchev–Trinajstić information content (AvgIpc) is 3.10. The molecule has 3 nitrogen and oxygen atoms in total. The highest BCUT2D eigenvalue weighted by Crippen LogP contribution is 2.31. The lowest BCUT2D eigenvalue weighted by Gasteiger charge is -2.12. The van der Waals surface area contributed by atoms with Crippen LogP contribution in [0.15, 0.2) is 24.3 Å². The van der Waals surface area contributed by atoms with Crippen molar-refractivity contribution in [2.24, 2.45) is 11.7 Å². The van der Waals surface area contributed by atoms with Gasteiger partial charge >= 0.3 is 0 Å². The van der Waals surface area contributed by atoms with Crippen molar-refractivity contribution >= 4 is 0 Å². The van der Waals surface area contributed by atoms with Crippen LogP contribution >= 0.6 is 0 Å². The van der Waals surface area contributed by atoms with Gasteiger partial charge in [0.15, 0.2) is 0 Å². The van der Waals surface area contributed by atoms with Crippen molar-refractivity contribution in [2.45, 2.75) is 18.9 Å². The van der Waals surface area contributed by atoms with E-state index in [1.807, 2.05) is 24.3 Å². The predicted octanol–water partition coefficient (Wildman–Crippen LogP) is 1.81. The predicted molar refractivity (Wildman–Crippen MR) is 59.2 cm³/mol. The monoisotopic (exact) mass is 207 g/mol. The third-order valence-electron chi connectivity index (χ3n) is 2.73. The van der Waals surface area contributed by atoms with Crippen LogP contribution in [0.5, 0.6) is 11.5 Å². The van der Waals surface area contributed by atoms with Crippen LogP contribution in [0.4, 0.5) is 0 Å². The first-order valence-electron chi connectivity index (χ1n) is 5.32. The van der Waals surface area contributed by atoms with E-state index in [1.54, 1.807) is 7.11 Å². The minimum atomic E-state index is 0.187. The molecule has 0 unspecified atom stereocenters. The lowest BCUT2D eigenvalue weighted by atomic mass is 10.2. The van der Waals surface area contributed by atoms with E-state index in [9.17, 15) is 0 Å². The molecule has 1 saturated carbocycles. The number of hydrogen-bond donors (Lipinski definition) is 1. The molecule has 0 spiro atoms. The standard InChI is InChI=1S/C12H17NO2/c1-14-10-4-6-11(7-5-10)15-8-12(13)9-2-3-9/h4-7,9,12H,2-3,8,13H2,1H3/t12-/m0/s1. The fourth-order valence-corrected chi connectivity index (χ4v) is 1.52. The number of ether oxygens (including phenoxy) is 2. The Balaban J connectivity index is 1.81. The van der Waals surface area contributed by atoms with Gasteiger partial charge in [0.05, 0.1) is 7.11 Å². The smallest absolute Gasteiger partial charge is 0.119 e. The molecule has 0 radical (unpaired) electrons. The van der Waals surface area contributed by atoms with Crippen molar-refractivity contribution in [1.29, 1.82) is 0 Å². The lowest BCUT2D eigenvalue weighted by molar-refractivity contribution is 0.275. The highest BCUT2D eigenvalue weighted by atomic mass is 16.5. The van der Waals surface area contributed by atoms with E-state index >= 15 is 0 Å². The summed E-state index contributed by atoms with van der Waals surface area (Å²) in [6.07, 6.45) is 2.51. The second-order valence-corrected chi connectivity index (χ2v) is 3.99. The van der Waals surface area contributed by atoms with Crippen molar-refractivity contribution in [3.63, 3.8) is 0 Å². The van der Waals surface area contributed by atoms with Gasteiger partial charge in [-0.25, -0.2) is 0 Å². The van der Waals surface area contributed by atoms with Crippen LogP contribution in [0.25, 0.3) is 0 Å². The zero-order valence-corrected chi connectivity index (χ0v) is 8.98. The lowest BCUT2D eigenvalue weighted by Crippen LogP contribution is -2.29. The van der Waals surface area contributed by atoms with Crippen LogP contribution in [-0.4, -0.2) is 19.8 Å². The van der Waals surface area contributed by atoms with Crippen molar-refractivity contribution in [3.8, 4) is 11.5 Å². The van der Waals surface area contributed by atoms with E-state index in [2.05, 4.69) is 0 Å². The van der Waals surface area contributed by atoms with Crippen molar-refractivity contribution in [1.82, 2.24) is 0 Å². The number of hydrogen-bond acceptors (Lipinski definition) is 3. The highest BCUT2D eigenvalue weighted by molar-refractivity contribution is 5.31. The zero-order valence-electron chi connectivity index (χ0n) is 8.98. The minimum absolute atomic E-state index is 0.187. The van der Waals surface area contributed by atoms with Gasteiger partial charge in [0.1, 0.15) is 18.1 Å². The molecule has 82 valence electrons. The normalized spacial score (nSPS) is 17.2. The van der Waals surface area contributed by atoms with Crippen LogP contribution in [0.2, 0.25) is 0 Å². The minimum Gasteiger partial charge on any atom is -0.497 e. The first kappa shape index (κ1) is 10.3. The molecule has 0 saturated heterocycles. The Labute approximate surface area is 90.2 Å². The molecule has 1 aromatic rings. The Bertz CT molecular complexity index is 306. The Hall–Kier alpha value is -1.22. The molecule has 0 amide bonds. The van der Waals surface area contributed by atoms with E-state index in [4.69, 9.17) is 15.2 Å². The highest BCUT2D eigenvalue weighted by Gasteiger charge is 2.28. The second-order valence-electron chi connectivity index (χ2n) is 3.99. The molecule has 1 fully saturated rings. The summed E-state index contributed by atoms with van der Waals surface area (Å²) in [4.78, 5) is 0. The van der Waals surface area contributed by atoms with Gasteiger partial charge in [-0.3, -0.25) is 0 Å². The molecule has 1 atom stereocenters. The summed E-state index contributed by atoms with van der Waals surface area (Å²) in [5, 5.41) is 0. The molecule has 1 aliphatic rings. The number of benzene rings is 1. The summed E-state index contributed by atoms with van der Waals surface area (Å²) in [7, 11) is 1.65. The maximum Gasteiger partial charge on any atom is 0.119 e. The third-order valence-corrected chi connectivity index (χ3v) is 2.73. The van der Waals surface area contributed by atoms with Gasteiger partial charge < -0.3 is 15.2 Å². The van der Waals surface area contributed by atoms with E-state index < -0.39 is 0 Å². The largest absolute Gasteiger partial charge is 0.497 e. The topological polar surface area (TPSA) is 44.5 Å². The average molecular weight is 207 g/mol. The molecule has 0 heterocycles. The van der Waals surface area contributed by atoms with E-state index in [1.165, 1.54) is 12.8 Å². The zero-order chi connectivity index (χ0) is 10.7. The number of rotatable bonds is 5. The summed E-state index contributed by atoms with van der Waals surface area (Å²) in [6, 6.07) is 7.76. The van der Waals surface area contributed by atoms with Crippen LogP contribution in [0.1, 0.15) is 12.8 Å². The van der Waals surface area contributed by atoms with E-state index in [0.29, 0.717) is 12.5 Å². The second kappa shape index (κ2) is 4.53. The first-order valence-corrected chi connectivity index (χ1v) is 5.32.